The number of nitrogens with zero attached hydrogens (tertiary/aromatic N) is 1. The summed E-state index contributed by atoms with van der Waals surface area (Å²) in [7, 11) is 1.58. The molecule has 0 radical (unpaired) electrons. The predicted octanol–water partition coefficient (Wildman–Crippen LogP) is 12.3. The van der Waals surface area contributed by atoms with Gasteiger partial charge in [-0.05, 0) is 83.1 Å². The number of rotatable bonds is 39. The minimum absolute atomic E-state index is 0.0154. The third-order valence-electron chi connectivity index (χ3n) is 9.54. The van der Waals surface area contributed by atoms with Gasteiger partial charge in [0.2, 0.25) is 0 Å². The summed E-state index contributed by atoms with van der Waals surface area (Å²) in [6.07, 6.45) is 46.7. The van der Waals surface area contributed by atoms with Crippen LogP contribution in [0.1, 0.15) is 162 Å². The Bertz CT molecular complexity index is 1140. The lowest BCUT2D eigenvalue weighted by Gasteiger charge is -2.24. The van der Waals surface area contributed by atoms with Crippen LogP contribution in [0.15, 0.2) is 60.9 Å². The molecule has 0 bridgehead atoms. The first-order valence-corrected chi connectivity index (χ1v) is 23.7. The van der Waals surface area contributed by atoms with Gasteiger partial charge in [-0.25, -0.2) is 4.57 Å². The van der Waals surface area contributed by atoms with Crippen LogP contribution in [0.2, 0.25) is 0 Å². The number of quaternary nitrogens is 1. The standard InChI is InChI=1S/C46H82NO8P/c1-6-8-10-11-12-13-14-15-16-17-18-21-24-27-30-34-39-51-41-43(42-53-56(49,50)52-40-38-47(3,4)5)54-46(48)37-33-29-26-23-20-19-22-25-28-32-36-45-44(55-45)35-31-9-7-2/h15-16,19,22-23,26,28,32,34,39,43-45H,6-14,17-18,20-21,24-25,27,29-31,33,35-38,40-42H2,1-5H3/p+1/b16-15-,22-19-,26-23-,32-28-,39-34+/t43-,44?,45?/m1/s1. The zero-order valence-corrected chi connectivity index (χ0v) is 37.2. The van der Waals surface area contributed by atoms with Crippen LogP contribution in [0, 0.1) is 0 Å². The van der Waals surface area contributed by atoms with Crippen molar-refractivity contribution in [3.05, 3.63) is 60.9 Å². The number of likely N-dealkylation sites (N-methyl/N-ethyl adjacent to an activating group) is 1. The van der Waals surface area contributed by atoms with Crippen molar-refractivity contribution < 1.29 is 42.0 Å². The summed E-state index contributed by atoms with van der Waals surface area (Å²) in [5, 5.41) is 0. The molecule has 1 aliphatic rings. The van der Waals surface area contributed by atoms with Crippen molar-refractivity contribution in [3.8, 4) is 0 Å². The zero-order chi connectivity index (χ0) is 41.0. The molecule has 4 atom stereocenters. The first-order valence-electron chi connectivity index (χ1n) is 22.2. The Balaban J connectivity index is 2.30. The van der Waals surface area contributed by atoms with E-state index in [1.165, 1.54) is 89.9 Å². The number of hydrogen-bond acceptors (Lipinski definition) is 7. The van der Waals surface area contributed by atoms with Crippen LogP contribution in [-0.2, 0) is 32.6 Å². The van der Waals surface area contributed by atoms with E-state index in [2.05, 4.69) is 62.5 Å². The first-order chi connectivity index (χ1) is 27.1. The average molecular weight is 809 g/mol. The van der Waals surface area contributed by atoms with E-state index in [0.29, 0.717) is 29.7 Å². The van der Waals surface area contributed by atoms with E-state index >= 15 is 0 Å². The Morgan fingerprint density at radius 1 is 0.679 bits per heavy atom. The van der Waals surface area contributed by atoms with Gasteiger partial charge in [-0.15, -0.1) is 0 Å². The molecule has 1 fully saturated rings. The molecule has 10 heteroatoms. The number of allylic oxidation sites excluding steroid dienone is 8. The van der Waals surface area contributed by atoms with Gasteiger partial charge >= 0.3 is 13.8 Å². The summed E-state index contributed by atoms with van der Waals surface area (Å²) in [4.78, 5) is 22.8. The van der Waals surface area contributed by atoms with Gasteiger partial charge in [-0.2, -0.15) is 0 Å². The molecule has 0 aromatic rings. The molecule has 324 valence electrons. The van der Waals surface area contributed by atoms with E-state index < -0.39 is 19.9 Å². The number of carbonyl (C=O) groups is 1. The quantitative estimate of drug-likeness (QED) is 0.0125. The molecule has 1 rings (SSSR count). The minimum atomic E-state index is -4.31. The Kier molecular flexibility index (Phi) is 32.5. The average Bonchev–Trinajstić information content (AvgIpc) is 3.90. The fourth-order valence-electron chi connectivity index (χ4n) is 5.95. The zero-order valence-electron chi connectivity index (χ0n) is 36.3. The molecule has 1 heterocycles. The molecule has 0 saturated carbocycles. The summed E-state index contributed by atoms with van der Waals surface area (Å²) in [5.74, 6) is -0.397. The van der Waals surface area contributed by atoms with E-state index in [1.54, 1.807) is 6.26 Å². The minimum Gasteiger partial charge on any atom is -0.498 e. The highest BCUT2D eigenvalue weighted by Crippen LogP contribution is 2.43. The third kappa shape index (κ3) is 35.2. The van der Waals surface area contributed by atoms with Crippen molar-refractivity contribution in [1.29, 1.82) is 0 Å². The molecule has 0 spiro atoms. The Labute approximate surface area is 343 Å². The summed E-state index contributed by atoms with van der Waals surface area (Å²) < 4.78 is 40.4. The molecule has 3 unspecified atom stereocenters. The van der Waals surface area contributed by atoms with Gasteiger partial charge in [-0.1, -0.05) is 127 Å². The SMILES string of the molecule is CCCCCCCC/C=C\CCCCCC/C=C/OC[C@H](COP(=O)(O)OCC[N+](C)(C)C)OC(=O)CCC/C=C\C/C=C\C/C=C\CC1OC1CCCCC. The van der Waals surface area contributed by atoms with E-state index in [4.69, 9.17) is 23.3 Å². The monoisotopic (exact) mass is 809 g/mol. The van der Waals surface area contributed by atoms with Crippen LogP contribution in [0.4, 0.5) is 0 Å². The number of carbonyl (C=O) groups excluding carboxylic acids is 1. The van der Waals surface area contributed by atoms with E-state index in [9.17, 15) is 14.3 Å². The molecule has 0 aromatic heterocycles. The van der Waals surface area contributed by atoms with Crippen LogP contribution in [0.3, 0.4) is 0 Å². The van der Waals surface area contributed by atoms with Gasteiger partial charge in [-0.3, -0.25) is 13.8 Å². The molecule has 9 nitrogen and oxygen atoms in total. The van der Waals surface area contributed by atoms with Crippen molar-refractivity contribution in [1.82, 2.24) is 0 Å². The third-order valence-corrected chi connectivity index (χ3v) is 10.5. The lowest BCUT2D eigenvalue weighted by atomic mass is 10.1. The normalized spacial score (nSPS) is 17.9. The van der Waals surface area contributed by atoms with Crippen molar-refractivity contribution in [2.45, 2.75) is 180 Å². The second-order valence-electron chi connectivity index (χ2n) is 16.2. The number of ether oxygens (including phenoxy) is 3. The number of hydrogen-bond donors (Lipinski definition) is 1. The smallest absolute Gasteiger partial charge is 0.472 e. The maximum absolute atomic E-state index is 12.7. The topological polar surface area (TPSA) is 104 Å². The van der Waals surface area contributed by atoms with Crippen LogP contribution in [-0.4, -0.2) is 81.2 Å². The number of epoxide rings is 1. The van der Waals surface area contributed by atoms with Crippen LogP contribution in [0.25, 0.3) is 0 Å². The maximum Gasteiger partial charge on any atom is 0.472 e. The summed E-state index contributed by atoms with van der Waals surface area (Å²) >= 11 is 0. The van der Waals surface area contributed by atoms with Crippen molar-refractivity contribution in [2.24, 2.45) is 0 Å². The van der Waals surface area contributed by atoms with Crippen LogP contribution < -0.4 is 0 Å². The predicted molar refractivity (Wildman–Crippen MR) is 232 cm³/mol. The van der Waals surface area contributed by atoms with E-state index in [0.717, 1.165) is 44.9 Å². The summed E-state index contributed by atoms with van der Waals surface area (Å²) in [5.41, 5.74) is 0. The van der Waals surface area contributed by atoms with Crippen LogP contribution >= 0.6 is 7.82 Å². The highest BCUT2D eigenvalue weighted by Gasteiger charge is 2.36. The van der Waals surface area contributed by atoms with E-state index in [1.807, 2.05) is 27.2 Å². The van der Waals surface area contributed by atoms with Gasteiger partial charge in [0.25, 0.3) is 0 Å². The second kappa shape index (κ2) is 35.0. The van der Waals surface area contributed by atoms with Crippen LogP contribution in [0.5, 0.6) is 0 Å². The van der Waals surface area contributed by atoms with Gasteiger partial charge in [0.15, 0.2) is 6.10 Å². The maximum atomic E-state index is 12.7. The second-order valence-corrected chi connectivity index (χ2v) is 17.6. The van der Waals surface area contributed by atoms with Gasteiger partial charge in [0.05, 0.1) is 46.2 Å². The van der Waals surface area contributed by atoms with Crippen molar-refractivity contribution >= 4 is 13.8 Å². The van der Waals surface area contributed by atoms with Gasteiger partial charge < -0.3 is 23.6 Å². The Morgan fingerprint density at radius 3 is 1.89 bits per heavy atom. The number of phosphoric acid groups is 1. The lowest BCUT2D eigenvalue weighted by molar-refractivity contribution is -0.870. The summed E-state index contributed by atoms with van der Waals surface area (Å²) in [6, 6.07) is 0. The molecular weight excluding hydrogens is 725 g/mol. The number of esters is 1. The highest BCUT2D eigenvalue weighted by molar-refractivity contribution is 7.47. The molecule has 56 heavy (non-hydrogen) atoms. The molecule has 0 amide bonds. The molecule has 0 aliphatic carbocycles. The molecular formula is C46H83NO8P+. The fraction of sp³-hybridized carbons (Fsp3) is 0.761. The van der Waals surface area contributed by atoms with E-state index in [-0.39, 0.29) is 26.2 Å². The van der Waals surface area contributed by atoms with Crippen molar-refractivity contribution in [2.75, 3.05) is 47.5 Å². The number of phosphoric ester groups is 1. The van der Waals surface area contributed by atoms with Crippen molar-refractivity contribution in [3.63, 3.8) is 0 Å². The molecule has 1 N–H and O–H groups in total. The first kappa shape index (κ1) is 52.0. The molecule has 1 saturated heterocycles. The Morgan fingerprint density at radius 2 is 1.23 bits per heavy atom. The molecule has 0 aromatic carbocycles. The molecule has 1 aliphatic heterocycles. The largest absolute Gasteiger partial charge is 0.498 e. The Hall–Kier alpha value is -2.00. The summed E-state index contributed by atoms with van der Waals surface area (Å²) in [6.45, 7) is 4.80. The number of unbranched alkanes of at least 4 members (excludes halogenated alkanes) is 14. The van der Waals surface area contributed by atoms with Gasteiger partial charge in [0, 0.05) is 6.42 Å². The lowest BCUT2D eigenvalue weighted by Crippen LogP contribution is -2.37. The highest BCUT2D eigenvalue weighted by atomic mass is 31.2. The van der Waals surface area contributed by atoms with Gasteiger partial charge in [0.1, 0.15) is 19.8 Å². The fourth-order valence-corrected chi connectivity index (χ4v) is 6.69.